The van der Waals surface area contributed by atoms with Crippen LogP contribution >= 0.6 is 0 Å². The average Bonchev–Trinajstić information content (AvgIpc) is 2.15. The lowest BCUT2D eigenvalue weighted by Crippen LogP contribution is -2.12. The highest BCUT2D eigenvalue weighted by atomic mass is 16.5. The number of aryl methyl sites for hydroxylation is 1. The topological polar surface area (TPSA) is 35.2 Å². The van der Waals surface area contributed by atoms with E-state index in [1.165, 1.54) is 16.7 Å². The Morgan fingerprint density at radius 1 is 1.38 bits per heavy atom. The molecule has 2 N–H and O–H groups in total. The SMILES string of the molecule is Cc1cc(N)c2c(c1C)CCCO2. The van der Waals surface area contributed by atoms with Gasteiger partial charge in [-0.15, -0.1) is 0 Å². The Hall–Kier alpha value is -1.18. The maximum Gasteiger partial charge on any atom is 0.145 e. The van der Waals surface area contributed by atoms with Gasteiger partial charge in [-0.25, -0.2) is 0 Å². The van der Waals surface area contributed by atoms with Crippen LogP contribution < -0.4 is 10.5 Å². The van der Waals surface area contributed by atoms with Crippen molar-refractivity contribution in [3.63, 3.8) is 0 Å². The van der Waals surface area contributed by atoms with Crippen LogP contribution in [0.15, 0.2) is 6.07 Å². The lowest BCUT2D eigenvalue weighted by Gasteiger charge is -2.22. The molecule has 0 fully saturated rings. The molecule has 2 heteroatoms. The number of benzene rings is 1. The maximum absolute atomic E-state index is 5.89. The molecule has 0 atom stereocenters. The first kappa shape index (κ1) is 8.42. The normalized spacial score (nSPS) is 14.9. The number of hydrogen-bond donors (Lipinski definition) is 1. The minimum atomic E-state index is 0.790. The predicted octanol–water partition coefficient (Wildman–Crippen LogP) is 2.21. The number of hydrogen-bond acceptors (Lipinski definition) is 2. The zero-order chi connectivity index (χ0) is 9.42. The molecule has 0 radical (unpaired) electrons. The third-order valence-electron chi connectivity index (χ3n) is 2.77. The van der Waals surface area contributed by atoms with Crippen LogP contribution in [0.4, 0.5) is 5.69 Å². The average molecular weight is 177 g/mol. The van der Waals surface area contributed by atoms with Gasteiger partial charge in [0.25, 0.3) is 0 Å². The second kappa shape index (κ2) is 2.95. The summed E-state index contributed by atoms with van der Waals surface area (Å²) in [6.45, 7) is 5.04. The van der Waals surface area contributed by atoms with E-state index in [1.807, 2.05) is 6.07 Å². The van der Waals surface area contributed by atoms with Gasteiger partial charge in [-0.05, 0) is 49.4 Å². The molecule has 0 aromatic heterocycles. The molecule has 70 valence electrons. The zero-order valence-corrected chi connectivity index (χ0v) is 8.18. The van der Waals surface area contributed by atoms with Crippen LogP contribution in [-0.4, -0.2) is 6.61 Å². The Labute approximate surface area is 78.7 Å². The molecule has 1 aromatic carbocycles. The molecule has 0 unspecified atom stereocenters. The van der Waals surface area contributed by atoms with Crippen LogP contribution in [0.1, 0.15) is 23.1 Å². The summed E-state index contributed by atoms with van der Waals surface area (Å²) in [5.41, 5.74) is 10.6. The highest BCUT2D eigenvalue weighted by Gasteiger charge is 2.16. The van der Waals surface area contributed by atoms with Crippen molar-refractivity contribution in [3.8, 4) is 5.75 Å². The first-order valence-corrected chi connectivity index (χ1v) is 4.71. The number of rotatable bonds is 0. The summed E-state index contributed by atoms with van der Waals surface area (Å²) in [7, 11) is 0. The van der Waals surface area contributed by atoms with Crippen molar-refractivity contribution >= 4 is 5.69 Å². The van der Waals surface area contributed by atoms with Gasteiger partial charge in [0.1, 0.15) is 5.75 Å². The molecule has 0 amide bonds. The Bertz CT molecular complexity index is 344. The van der Waals surface area contributed by atoms with Crippen molar-refractivity contribution in [3.05, 3.63) is 22.8 Å². The van der Waals surface area contributed by atoms with Crippen molar-refractivity contribution < 1.29 is 4.74 Å². The van der Waals surface area contributed by atoms with E-state index < -0.39 is 0 Å². The van der Waals surface area contributed by atoms with Crippen molar-refractivity contribution in [1.29, 1.82) is 0 Å². The molecule has 0 bridgehead atoms. The van der Waals surface area contributed by atoms with Crippen LogP contribution in [0.3, 0.4) is 0 Å². The van der Waals surface area contributed by atoms with Gasteiger partial charge in [0, 0.05) is 0 Å². The molecule has 2 rings (SSSR count). The van der Waals surface area contributed by atoms with E-state index in [2.05, 4.69) is 13.8 Å². The number of ether oxygens (including phenoxy) is 1. The molecule has 0 spiro atoms. The number of nitrogen functional groups attached to an aromatic ring is 1. The monoisotopic (exact) mass is 177 g/mol. The Kier molecular flexibility index (Phi) is 1.91. The van der Waals surface area contributed by atoms with Crippen LogP contribution in [0, 0.1) is 13.8 Å². The number of fused-ring (bicyclic) bond motifs is 1. The van der Waals surface area contributed by atoms with Crippen LogP contribution in [-0.2, 0) is 6.42 Å². The number of nitrogens with two attached hydrogens (primary N) is 1. The van der Waals surface area contributed by atoms with Gasteiger partial charge in [0.15, 0.2) is 0 Å². The van der Waals surface area contributed by atoms with E-state index in [0.29, 0.717) is 0 Å². The molecule has 0 saturated heterocycles. The summed E-state index contributed by atoms with van der Waals surface area (Å²) in [6, 6.07) is 2.00. The van der Waals surface area contributed by atoms with Crippen molar-refractivity contribution in [2.24, 2.45) is 0 Å². The van der Waals surface area contributed by atoms with E-state index in [4.69, 9.17) is 10.5 Å². The Balaban J connectivity index is 2.63. The molecule has 0 saturated carbocycles. The second-order valence-corrected chi connectivity index (χ2v) is 3.67. The van der Waals surface area contributed by atoms with Crippen molar-refractivity contribution in [2.45, 2.75) is 26.7 Å². The molecule has 1 aromatic rings. The van der Waals surface area contributed by atoms with E-state index in [-0.39, 0.29) is 0 Å². The summed E-state index contributed by atoms with van der Waals surface area (Å²) in [6.07, 6.45) is 2.21. The van der Waals surface area contributed by atoms with Gasteiger partial charge >= 0.3 is 0 Å². The van der Waals surface area contributed by atoms with Gasteiger partial charge in [-0.3, -0.25) is 0 Å². The van der Waals surface area contributed by atoms with Crippen LogP contribution in [0.2, 0.25) is 0 Å². The summed E-state index contributed by atoms with van der Waals surface area (Å²) in [5.74, 6) is 0.925. The minimum Gasteiger partial charge on any atom is -0.491 e. The standard InChI is InChI=1S/C11H15NO/c1-7-6-10(12)11-9(8(7)2)4-3-5-13-11/h6H,3-5,12H2,1-2H3. The third kappa shape index (κ3) is 1.26. The minimum absolute atomic E-state index is 0.790. The van der Waals surface area contributed by atoms with Gasteiger partial charge in [0.05, 0.1) is 12.3 Å². The Morgan fingerprint density at radius 2 is 2.15 bits per heavy atom. The lowest BCUT2D eigenvalue weighted by molar-refractivity contribution is 0.289. The fourth-order valence-corrected chi connectivity index (χ4v) is 1.88. The molecular formula is C11H15NO. The van der Waals surface area contributed by atoms with E-state index in [0.717, 1.165) is 30.9 Å². The highest BCUT2D eigenvalue weighted by Crippen LogP contribution is 2.35. The predicted molar refractivity (Wildman–Crippen MR) is 54.1 cm³/mol. The van der Waals surface area contributed by atoms with E-state index in [9.17, 15) is 0 Å². The van der Waals surface area contributed by atoms with Crippen LogP contribution in [0.5, 0.6) is 5.75 Å². The number of anilines is 1. The molecule has 1 heterocycles. The van der Waals surface area contributed by atoms with Gasteiger partial charge in [0.2, 0.25) is 0 Å². The third-order valence-corrected chi connectivity index (χ3v) is 2.77. The van der Waals surface area contributed by atoms with Gasteiger partial charge in [-0.2, -0.15) is 0 Å². The fraction of sp³-hybridized carbons (Fsp3) is 0.455. The molecule has 2 nitrogen and oxygen atoms in total. The maximum atomic E-state index is 5.89. The van der Waals surface area contributed by atoms with Gasteiger partial charge < -0.3 is 10.5 Å². The lowest BCUT2D eigenvalue weighted by atomic mass is 9.96. The Morgan fingerprint density at radius 3 is 2.92 bits per heavy atom. The van der Waals surface area contributed by atoms with Gasteiger partial charge in [-0.1, -0.05) is 0 Å². The molecular weight excluding hydrogens is 162 g/mol. The second-order valence-electron chi connectivity index (χ2n) is 3.67. The fourth-order valence-electron chi connectivity index (χ4n) is 1.88. The smallest absolute Gasteiger partial charge is 0.145 e. The van der Waals surface area contributed by atoms with E-state index in [1.54, 1.807) is 0 Å². The van der Waals surface area contributed by atoms with Crippen molar-refractivity contribution in [1.82, 2.24) is 0 Å². The summed E-state index contributed by atoms with van der Waals surface area (Å²) in [4.78, 5) is 0. The quantitative estimate of drug-likeness (QED) is 0.617. The molecule has 1 aliphatic heterocycles. The van der Waals surface area contributed by atoms with Crippen LogP contribution in [0.25, 0.3) is 0 Å². The molecule has 1 aliphatic rings. The molecule has 0 aliphatic carbocycles. The summed E-state index contributed by atoms with van der Waals surface area (Å²) >= 11 is 0. The zero-order valence-electron chi connectivity index (χ0n) is 8.18. The van der Waals surface area contributed by atoms with E-state index >= 15 is 0 Å². The first-order chi connectivity index (χ1) is 6.20. The highest BCUT2D eigenvalue weighted by molar-refractivity contribution is 5.62. The summed E-state index contributed by atoms with van der Waals surface area (Å²) < 4.78 is 5.57. The largest absolute Gasteiger partial charge is 0.491 e. The first-order valence-electron chi connectivity index (χ1n) is 4.71. The van der Waals surface area contributed by atoms with Crippen molar-refractivity contribution in [2.75, 3.05) is 12.3 Å². The molecule has 13 heavy (non-hydrogen) atoms. The summed E-state index contributed by atoms with van der Waals surface area (Å²) in [5, 5.41) is 0.